The Bertz CT molecular complexity index is 210. The smallest absolute Gasteiger partial charge is 0.318 e. The lowest BCUT2D eigenvalue weighted by Crippen LogP contribution is -2.26. The van der Waals surface area contributed by atoms with Gasteiger partial charge in [0, 0.05) is 6.54 Å². The summed E-state index contributed by atoms with van der Waals surface area (Å²) in [7, 11) is 0. The molecule has 0 saturated carbocycles. The van der Waals surface area contributed by atoms with Crippen molar-refractivity contribution in [3.8, 4) is 0 Å². The van der Waals surface area contributed by atoms with Crippen LogP contribution in [0.25, 0.3) is 0 Å². The Balaban J connectivity index is 4.43. The van der Waals surface area contributed by atoms with Crippen molar-refractivity contribution in [2.45, 2.75) is 20.0 Å². The SMILES string of the molecule is CCNP(=S)(OCC)OC(F)(F)CCl. The molecule has 1 unspecified atom stereocenters. The first-order valence-corrected chi connectivity index (χ1v) is 7.20. The summed E-state index contributed by atoms with van der Waals surface area (Å²) in [6.45, 7) is 0.879. The van der Waals surface area contributed by atoms with Crippen molar-refractivity contribution in [1.29, 1.82) is 0 Å². The highest BCUT2D eigenvalue weighted by Gasteiger charge is 2.36. The highest BCUT2D eigenvalue weighted by Crippen LogP contribution is 2.48. The van der Waals surface area contributed by atoms with E-state index in [2.05, 4.69) is 9.61 Å². The molecule has 0 bridgehead atoms. The Morgan fingerprint density at radius 2 is 2.07 bits per heavy atom. The molecule has 0 aliphatic carbocycles. The standard InChI is InChI=1S/C6H13ClF2NO2PS/c1-3-10-13(14,11-4-2)12-6(8,9)5-7/h3-5H2,1-2H3,(H,10,14). The lowest BCUT2D eigenvalue weighted by atomic mass is 10.8. The van der Waals surface area contributed by atoms with Crippen LogP contribution < -0.4 is 5.09 Å². The fourth-order valence-corrected chi connectivity index (χ4v) is 3.18. The summed E-state index contributed by atoms with van der Waals surface area (Å²) in [5, 5.41) is 2.59. The van der Waals surface area contributed by atoms with Crippen molar-refractivity contribution in [2.75, 3.05) is 19.0 Å². The van der Waals surface area contributed by atoms with Gasteiger partial charge >= 0.3 is 6.11 Å². The zero-order valence-corrected chi connectivity index (χ0v) is 10.4. The van der Waals surface area contributed by atoms with E-state index >= 15 is 0 Å². The highest BCUT2D eigenvalue weighted by molar-refractivity contribution is 8.09. The van der Waals surface area contributed by atoms with Crippen molar-refractivity contribution in [1.82, 2.24) is 5.09 Å². The maximum atomic E-state index is 12.8. The van der Waals surface area contributed by atoms with Crippen molar-refractivity contribution in [2.24, 2.45) is 0 Å². The molecule has 0 aliphatic heterocycles. The van der Waals surface area contributed by atoms with E-state index in [0.29, 0.717) is 6.54 Å². The van der Waals surface area contributed by atoms with Crippen molar-refractivity contribution >= 4 is 30.1 Å². The van der Waals surface area contributed by atoms with Crippen LogP contribution in [-0.4, -0.2) is 25.1 Å². The van der Waals surface area contributed by atoms with Gasteiger partial charge in [0.15, 0.2) is 0 Å². The molecule has 8 heteroatoms. The maximum Gasteiger partial charge on any atom is 0.375 e. The average molecular weight is 268 g/mol. The van der Waals surface area contributed by atoms with E-state index in [9.17, 15) is 8.78 Å². The van der Waals surface area contributed by atoms with Crippen LogP contribution in [0.5, 0.6) is 0 Å². The fourth-order valence-electron chi connectivity index (χ4n) is 0.668. The van der Waals surface area contributed by atoms with E-state index in [1.165, 1.54) is 0 Å². The molecule has 0 heterocycles. The van der Waals surface area contributed by atoms with Crippen molar-refractivity contribution < 1.29 is 17.8 Å². The molecular formula is C6H13ClF2NO2PS. The zero-order valence-electron chi connectivity index (χ0n) is 7.93. The molecule has 0 rings (SSSR count). The summed E-state index contributed by atoms with van der Waals surface area (Å²) in [5.41, 5.74) is 0. The second-order valence-electron chi connectivity index (χ2n) is 2.29. The Labute approximate surface area is 92.3 Å². The van der Waals surface area contributed by atoms with Crippen LogP contribution in [0.15, 0.2) is 0 Å². The van der Waals surface area contributed by atoms with Crippen LogP contribution in [0.1, 0.15) is 13.8 Å². The second-order valence-corrected chi connectivity index (χ2v) is 5.75. The summed E-state index contributed by atoms with van der Waals surface area (Å²) in [6, 6.07) is 0. The van der Waals surface area contributed by atoms with Gasteiger partial charge in [-0.05, 0) is 18.7 Å². The molecule has 0 aromatic heterocycles. The number of rotatable bonds is 7. The van der Waals surface area contributed by atoms with E-state index in [4.69, 9.17) is 27.9 Å². The van der Waals surface area contributed by atoms with Gasteiger partial charge in [-0.1, -0.05) is 6.92 Å². The van der Waals surface area contributed by atoms with Crippen LogP contribution in [0.4, 0.5) is 8.78 Å². The fraction of sp³-hybridized carbons (Fsp3) is 1.00. The molecule has 0 spiro atoms. The lowest BCUT2D eigenvalue weighted by molar-refractivity contribution is -0.157. The summed E-state index contributed by atoms with van der Waals surface area (Å²) in [4.78, 5) is 0. The molecule has 1 N–H and O–H groups in total. The number of halogens is 3. The van der Waals surface area contributed by atoms with Gasteiger partial charge in [0.1, 0.15) is 5.88 Å². The molecule has 3 nitrogen and oxygen atoms in total. The summed E-state index contributed by atoms with van der Waals surface area (Å²) < 4.78 is 34.9. The molecule has 0 aromatic rings. The van der Waals surface area contributed by atoms with Gasteiger partial charge in [-0.25, -0.2) is 5.09 Å². The zero-order chi connectivity index (χ0) is 11.2. The minimum Gasteiger partial charge on any atom is -0.318 e. The van der Waals surface area contributed by atoms with E-state index < -0.39 is 18.6 Å². The minimum absolute atomic E-state index is 0.211. The monoisotopic (exact) mass is 267 g/mol. The van der Waals surface area contributed by atoms with Crippen LogP contribution in [-0.2, 0) is 20.9 Å². The number of alkyl halides is 3. The number of hydrogen-bond acceptors (Lipinski definition) is 3. The molecular weight excluding hydrogens is 255 g/mol. The Morgan fingerprint density at radius 1 is 1.50 bits per heavy atom. The van der Waals surface area contributed by atoms with Gasteiger partial charge in [-0.2, -0.15) is 8.78 Å². The first-order valence-electron chi connectivity index (χ1n) is 4.03. The lowest BCUT2D eigenvalue weighted by Gasteiger charge is -2.25. The number of hydrogen-bond donors (Lipinski definition) is 1. The molecule has 0 aromatic carbocycles. The summed E-state index contributed by atoms with van der Waals surface area (Å²) >= 11 is 9.84. The maximum absolute atomic E-state index is 12.8. The van der Waals surface area contributed by atoms with Crippen LogP contribution >= 0.6 is 18.2 Å². The van der Waals surface area contributed by atoms with E-state index in [1.807, 2.05) is 0 Å². The number of nitrogens with one attached hydrogen (secondary N) is 1. The third-order valence-corrected chi connectivity index (χ3v) is 4.11. The quantitative estimate of drug-likeness (QED) is 0.567. The molecule has 14 heavy (non-hydrogen) atoms. The third-order valence-electron chi connectivity index (χ3n) is 1.06. The molecule has 0 fully saturated rings. The van der Waals surface area contributed by atoms with E-state index in [0.717, 1.165) is 0 Å². The summed E-state index contributed by atoms with van der Waals surface area (Å²) in [5.74, 6) is -0.941. The van der Waals surface area contributed by atoms with Gasteiger partial charge in [0.2, 0.25) is 0 Å². The highest BCUT2D eigenvalue weighted by atomic mass is 35.5. The first kappa shape index (κ1) is 14.7. The predicted molar refractivity (Wildman–Crippen MR) is 56.3 cm³/mol. The van der Waals surface area contributed by atoms with Gasteiger partial charge < -0.3 is 4.52 Å². The Morgan fingerprint density at radius 3 is 2.43 bits per heavy atom. The average Bonchev–Trinajstić information content (AvgIpc) is 2.03. The van der Waals surface area contributed by atoms with E-state index in [-0.39, 0.29) is 6.61 Å². The van der Waals surface area contributed by atoms with Crippen molar-refractivity contribution in [3.63, 3.8) is 0 Å². The van der Waals surface area contributed by atoms with Gasteiger partial charge in [0.25, 0.3) is 6.64 Å². The van der Waals surface area contributed by atoms with Crippen LogP contribution in [0, 0.1) is 0 Å². The van der Waals surface area contributed by atoms with Crippen molar-refractivity contribution in [3.05, 3.63) is 0 Å². The minimum atomic E-state index is -3.45. The molecule has 0 radical (unpaired) electrons. The largest absolute Gasteiger partial charge is 0.375 e. The van der Waals surface area contributed by atoms with E-state index in [1.54, 1.807) is 13.8 Å². The van der Waals surface area contributed by atoms with Gasteiger partial charge in [-0.15, -0.1) is 11.6 Å². The van der Waals surface area contributed by atoms with Gasteiger partial charge in [0.05, 0.1) is 6.61 Å². The second kappa shape index (κ2) is 6.30. The van der Waals surface area contributed by atoms with Crippen LogP contribution in [0.2, 0.25) is 0 Å². The molecule has 0 saturated heterocycles. The molecule has 1 atom stereocenters. The van der Waals surface area contributed by atoms with Gasteiger partial charge in [-0.3, -0.25) is 4.52 Å². The predicted octanol–water partition coefficient (Wildman–Crippen LogP) is 2.71. The normalized spacial score (nSPS) is 16.6. The Kier molecular flexibility index (Phi) is 6.61. The Hall–Kier alpha value is 0.680. The topological polar surface area (TPSA) is 30.5 Å². The molecule has 0 amide bonds. The molecule has 86 valence electrons. The molecule has 0 aliphatic rings. The van der Waals surface area contributed by atoms with Crippen LogP contribution in [0.3, 0.4) is 0 Å². The first-order chi connectivity index (χ1) is 6.39. The summed E-state index contributed by atoms with van der Waals surface area (Å²) in [6.07, 6.45) is -3.45. The third kappa shape index (κ3) is 5.53.